The van der Waals surface area contributed by atoms with Gasteiger partial charge in [-0.3, -0.25) is 4.79 Å². The largest absolute Gasteiger partial charge is 0.325 e. The van der Waals surface area contributed by atoms with Crippen LogP contribution in [0.25, 0.3) is 0 Å². The highest BCUT2D eigenvalue weighted by atomic mass is 32.2. The number of anilines is 1. The van der Waals surface area contributed by atoms with Crippen LogP contribution >= 0.6 is 11.8 Å². The van der Waals surface area contributed by atoms with E-state index in [2.05, 4.69) is 5.32 Å². The first-order valence-electron chi connectivity index (χ1n) is 8.26. The fraction of sp³-hybridized carbons (Fsp3) is 0.278. The van der Waals surface area contributed by atoms with Gasteiger partial charge >= 0.3 is 0 Å². The predicted octanol–water partition coefficient (Wildman–Crippen LogP) is 4.18. The van der Waals surface area contributed by atoms with Crippen LogP contribution < -0.4 is 5.32 Å². The van der Waals surface area contributed by atoms with E-state index in [1.54, 1.807) is 12.1 Å². The van der Waals surface area contributed by atoms with Crippen LogP contribution in [0, 0.1) is 5.82 Å². The van der Waals surface area contributed by atoms with Gasteiger partial charge in [-0.2, -0.15) is 8.78 Å². The lowest BCUT2D eigenvalue weighted by Crippen LogP contribution is -2.28. The summed E-state index contributed by atoms with van der Waals surface area (Å²) in [6.45, 7) is 0.0700. The number of sulfonamides is 1. The number of nitrogens with one attached hydrogen (secondary N) is 1. The minimum Gasteiger partial charge on any atom is -0.325 e. The number of halogens is 3. The van der Waals surface area contributed by atoms with Crippen molar-refractivity contribution >= 4 is 33.4 Å². The second-order valence-electron chi connectivity index (χ2n) is 5.81. The van der Waals surface area contributed by atoms with Gasteiger partial charge in [-0.25, -0.2) is 17.1 Å². The molecule has 0 saturated heterocycles. The predicted molar refractivity (Wildman–Crippen MR) is 102 cm³/mol. The zero-order chi connectivity index (χ0) is 20.7. The number of hydrogen-bond donors (Lipinski definition) is 1. The fourth-order valence-corrected chi connectivity index (χ4v) is 4.15. The maximum absolute atomic E-state index is 12.9. The van der Waals surface area contributed by atoms with Crippen LogP contribution in [-0.4, -0.2) is 38.0 Å². The number of thioether (sulfide) groups is 1. The second kappa shape index (κ2) is 9.94. The number of alkyl halides is 2. The van der Waals surface area contributed by atoms with Gasteiger partial charge in [-0.15, -0.1) is 0 Å². The quantitative estimate of drug-likeness (QED) is 0.604. The van der Waals surface area contributed by atoms with Crippen LogP contribution in [0.5, 0.6) is 0 Å². The molecule has 28 heavy (non-hydrogen) atoms. The summed E-state index contributed by atoms with van der Waals surface area (Å²) in [7, 11) is -2.42. The van der Waals surface area contributed by atoms with Crippen molar-refractivity contribution in [2.45, 2.75) is 28.4 Å². The number of nitrogens with zero attached hydrogens (tertiary/aromatic N) is 1. The van der Waals surface area contributed by atoms with Crippen molar-refractivity contribution in [3.63, 3.8) is 0 Å². The van der Waals surface area contributed by atoms with Crippen molar-refractivity contribution in [2.24, 2.45) is 0 Å². The molecule has 0 spiro atoms. The molecule has 0 fully saturated rings. The van der Waals surface area contributed by atoms with Crippen molar-refractivity contribution in [2.75, 3.05) is 18.9 Å². The maximum atomic E-state index is 12.9. The number of carbonyl (C=O) groups excluding carboxylic acids is 1. The van der Waals surface area contributed by atoms with Crippen molar-refractivity contribution < 1.29 is 26.4 Å². The van der Waals surface area contributed by atoms with Crippen LogP contribution in [0.4, 0.5) is 18.9 Å². The first kappa shape index (κ1) is 22.3. The van der Waals surface area contributed by atoms with Crippen molar-refractivity contribution in [3.05, 3.63) is 54.3 Å². The number of hydrogen-bond acceptors (Lipinski definition) is 4. The van der Waals surface area contributed by atoms with Crippen LogP contribution in [0.3, 0.4) is 0 Å². The standard InChI is InChI=1S/C18H19F3N2O3S2/c1-23(28(25,26)14-10-8-13(19)9-11-14)12-4-7-17(24)22-15-5-2-3-6-16(15)27-18(20)21/h2-3,5-6,8-11,18H,4,7,12H2,1H3,(H,22,24). The molecule has 1 N–H and O–H groups in total. The first-order valence-corrected chi connectivity index (χ1v) is 10.6. The molecule has 5 nitrogen and oxygen atoms in total. The number of carbonyl (C=O) groups is 1. The van der Waals surface area contributed by atoms with Gasteiger partial charge in [-0.1, -0.05) is 23.9 Å². The number of benzene rings is 2. The van der Waals surface area contributed by atoms with Gasteiger partial charge in [0.2, 0.25) is 15.9 Å². The molecule has 2 aromatic carbocycles. The van der Waals surface area contributed by atoms with Crippen molar-refractivity contribution in [3.8, 4) is 0 Å². The Balaban J connectivity index is 1.89. The van der Waals surface area contributed by atoms with Gasteiger partial charge in [0.15, 0.2) is 0 Å². The molecule has 1 amide bonds. The third-order valence-electron chi connectivity index (χ3n) is 3.78. The van der Waals surface area contributed by atoms with Gasteiger partial charge in [0, 0.05) is 24.9 Å². The number of para-hydroxylation sites is 1. The molecule has 0 aliphatic heterocycles. The summed E-state index contributed by atoms with van der Waals surface area (Å²) in [6, 6.07) is 10.7. The molecule has 152 valence electrons. The molecule has 0 aliphatic rings. The normalized spacial score (nSPS) is 11.8. The Morgan fingerprint density at radius 1 is 1.14 bits per heavy atom. The Morgan fingerprint density at radius 3 is 2.43 bits per heavy atom. The van der Waals surface area contributed by atoms with E-state index in [9.17, 15) is 26.4 Å². The fourth-order valence-electron chi connectivity index (χ4n) is 2.35. The molecular formula is C18H19F3N2O3S2. The smallest absolute Gasteiger partial charge is 0.288 e. The zero-order valence-electron chi connectivity index (χ0n) is 14.9. The lowest BCUT2D eigenvalue weighted by molar-refractivity contribution is -0.116. The Morgan fingerprint density at radius 2 is 1.79 bits per heavy atom. The van der Waals surface area contributed by atoms with E-state index >= 15 is 0 Å². The Kier molecular flexibility index (Phi) is 7.90. The van der Waals surface area contributed by atoms with Gasteiger partial charge < -0.3 is 5.32 Å². The van der Waals surface area contributed by atoms with Gasteiger partial charge in [0.05, 0.1) is 10.6 Å². The molecular weight excluding hydrogens is 413 g/mol. The summed E-state index contributed by atoms with van der Waals surface area (Å²) in [6.07, 6.45) is 0.240. The van der Waals surface area contributed by atoms with Gasteiger partial charge in [-0.05, 0) is 42.8 Å². The van der Waals surface area contributed by atoms with E-state index in [1.165, 1.54) is 31.3 Å². The van der Waals surface area contributed by atoms with Crippen molar-refractivity contribution in [1.82, 2.24) is 4.31 Å². The third-order valence-corrected chi connectivity index (χ3v) is 6.44. The minimum absolute atomic E-state index is 0.0109. The highest BCUT2D eigenvalue weighted by Gasteiger charge is 2.20. The number of amides is 1. The van der Waals surface area contributed by atoms with Crippen LogP contribution in [0.2, 0.25) is 0 Å². The lowest BCUT2D eigenvalue weighted by Gasteiger charge is -2.17. The van der Waals surface area contributed by atoms with E-state index in [4.69, 9.17) is 0 Å². The van der Waals surface area contributed by atoms with Gasteiger partial charge in [0.25, 0.3) is 5.76 Å². The summed E-state index contributed by atoms with van der Waals surface area (Å²) in [5.41, 5.74) is 0.282. The van der Waals surface area contributed by atoms with Crippen LogP contribution in [0.1, 0.15) is 12.8 Å². The average Bonchev–Trinajstić information content (AvgIpc) is 2.63. The van der Waals surface area contributed by atoms with E-state index in [1.807, 2.05) is 0 Å². The SMILES string of the molecule is CN(CCCC(=O)Nc1ccccc1SC(F)F)S(=O)(=O)c1ccc(F)cc1. The molecule has 2 aromatic rings. The van der Waals surface area contributed by atoms with E-state index in [0.29, 0.717) is 11.8 Å². The van der Waals surface area contributed by atoms with E-state index < -0.39 is 27.5 Å². The zero-order valence-corrected chi connectivity index (χ0v) is 16.6. The second-order valence-corrected chi connectivity index (χ2v) is 8.88. The molecule has 0 saturated carbocycles. The first-order chi connectivity index (χ1) is 13.2. The lowest BCUT2D eigenvalue weighted by atomic mass is 10.2. The molecule has 0 aliphatic carbocycles. The minimum atomic E-state index is -3.78. The molecule has 0 radical (unpaired) electrons. The topological polar surface area (TPSA) is 66.5 Å². The van der Waals surface area contributed by atoms with E-state index in [0.717, 1.165) is 16.4 Å². The highest BCUT2D eigenvalue weighted by molar-refractivity contribution is 7.99. The highest BCUT2D eigenvalue weighted by Crippen LogP contribution is 2.31. The Bertz CT molecular complexity index is 907. The van der Waals surface area contributed by atoms with Gasteiger partial charge in [0.1, 0.15) is 5.82 Å². The summed E-state index contributed by atoms with van der Waals surface area (Å²) >= 11 is 0.335. The van der Waals surface area contributed by atoms with E-state index in [-0.39, 0.29) is 34.9 Å². The Hall–Kier alpha value is -2.04. The summed E-state index contributed by atoms with van der Waals surface area (Å²) < 4.78 is 63.9. The van der Waals surface area contributed by atoms with Crippen LogP contribution in [0.15, 0.2) is 58.3 Å². The molecule has 0 unspecified atom stereocenters. The summed E-state index contributed by atoms with van der Waals surface area (Å²) in [4.78, 5) is 12.3. The Labute approximate surface area is 166 Å². The number of rotatable bonds is 9. The van der Waals surface area contributed by atoms with Crippen molar-refractivity contribution in [1.29, 1.82) is 0 Å². The summed E-state index contributed by atoms with van der Waals surface area (Å²) in [5.74, 6) is -3.55. The molecule has 2 rings (SSSR count). The molecule has 0 aromatic heterocycles. The summed E-state index contributed by atoms with van der Waals surface area (Å²) in [5, 5.41) is 2.56. The third kappa shape index (κ3) is 6.25. The molecule has 0 heterocycles. The molecule has 0 atom stereocenters. The maximum Gasteiger partial charge on any atom is 0.288 e. The monoisotopic (exact) mass is 432 g/mol. The molecule has 10 heteroatoms. The molecule has 0 bridgehead atoms. The van der Waals surface area contributed by atoms with Crippen LogP contribution in [-0.2, 0) is 14.8 Å². The average molecular weight is 432 g/mol.